The van der Waals surface area contributed by atoms with Crippen molar-refractivity contribution in [1.82, 2.24) is 10.3 Å². The van der Waals surface area contributed by atoms with E-state index in [-0.39, 0.29) is 17.6 Å². The third-order valence-corrected chi connectivity index (χ3v) is 4.93. The lowest BCUT2D eigenvalue weighted by molar-refractivity contribution is -0.125. The van der Waals surface area contributed by atoms with Crippen molar-refractivity contribution in [3.8, 4) is 0 Å². The maximum absolute atomic E-state index is 13.0. The molecule has 0 saturated carbocycles. The number of hydrogen-bond donors (Lipinski definition) is 4. The second kappa shape index (κ2) is 9.22. The minimum absolute atomic E-state index is 0.184. The molecule has 8 heteroatoms. The quantitative estimate of drug-likeness (QED) is 0.358. The molecule has 4 aromatic rings. The SMILES string of the molecule is CC(=O)NC(Cc1c[nH]c2ccccc12)C(=O)Nc1cccc(NC(=O)c2ccco2)c1. The van der Waals surface area contributed by atoms with Crippen LogP contribution in [0.3, 0.4) is 0 Å². The molecule has 0 bridgehead atoms. The van der Waals surface area contributed by atoms with Gasteiger partial charge in [-0.2, -0.15) is 0 Å². The zero-order valence-corrected chi connectivity index (χ0v) is 17.3. The molecule has 0 aliphatic rings. The molecule has 0 fully saturated rings. The molecule has 1 atom stereocenters. The summed E-state index contributed by atoms with van der Waals surface area (Å²) >= 11 is 0. The van der Waals surface area contributed by atoms with Crippen molar-refractivity contribution in [2.75, 3.05) is 10.6 Å². The van der Waals surface area contributed by atoms with E-state index in [1.165, 1.54) is 13.2 Å². The van der Waals surface area contributed by atoms with Crippen molar-refractivity contribution in [1.29, 1.82) is 0 Å². The molecule has 4 N–H and O–H groups in total. The summed E-state index contributed by atoms with van der Waals surface area (Å²) in [5.74, 6) is -0.873. The van der Waals surface area contributed by atoms with Crippen LogP contribution >= 0.6 is 0 Å². The van der Waals surface area contributed by atoms with Gasteiger partial charge in [-0.25, -0.2) is 0 Å². The molecule has 2 aromatic heterocycles. The molecule has 1 unspecified atom stereocenters. The smallest absolute Gasteiger partial charge is 0.291 e. The molecular formula is C24H22N4O4. The van der Waals surface area contributed by atoms with Crippen LogP contribution in [0.5, 0.6) is 0 Å². The van der Waals surface area contributed by atoms with Crippen LogP contribution in [0, 0.1) is 0 Å². The summed E-state index contributed by atoms with van der Waals surface area (Å²) in [6.45, 7) is 1.38. The normalized spacial score (nSPS) is 11.7. The molecule has 162 valence electrons. The Labute approximate surface area is 184 Å². The summed E-state index contributed by atoms with van der Waals surface area (Å²) < 4.78 is 5.09. The molecule has 3 amide bonds. The Morgan fingerprint density at radius 3 is 2.50 bits per heavy atom. The van der Waals surface area contributed by atoms with Crippen LogP contribution in [0.4, 0.5) is 11.4 Å². The lowest BCUT2D eigenvalue weighted by Gasteiger charge is -2.18. The molecule has 2 heterocycles. The monoisotopic (exact) mass is 430 g/mol. The van der Waals surface area contributed by atoms with Gasteiger partial charge in [-0.05, 0) is 42.0 Å². The molecule has 0 radical (unpaired) electrons. The zero-order valence-electron chi connectivity index (χ0n) is 17.3. The second-order valence-corrected chi connectivity index (χ2v) is 7.32. The third-order valence-electron chi connectivity index (χ3n) is 4.93. The summed E-state index contributed by atoms with van der Waals surface area (Å²) in [7, 11) is 0. The molecule has 0 aliphatic carbocycles. The standard InChI is InChI=1S/C24H22N4O4/c1-15(29)26-21(12-16-14-25-20-9-3-2-8-19(16)20)23(30)27-17-6-4-7-18(13-17)28-24(31)22-10-5-11-32-22/h2-11,13-14,21,25H,12H2,1H3,(H,26,29)(H,27,30)(H,28,31). The van der Waals surface area contributed by atoms with Gasteiger partial charge in [0.1, 0.15) is 6.04 Å². The number of H-pyrrole nitrogens is 1. The van der Waals surface area contributed by atoms with Gasteiger partial charge in [0.25, 0.3) is 5.91 Å². The van der Waals surface area contributed by atoms with Gasteiger partial charge in [0.15, 0.2) is 5.76 Å². The summed E-state index contributed by atoms with van der Waals surface area (Å²) in [5.41, 5.74) is 2.87. The second-order valence-electron chi connectivity index (χ2n) is 7.32. The average Bonchev–Trinajstić information content (AvgIpc) is 3.44. The van der Waals surface area contributed by atoms with E-state index in [9.17, 15) is 14.4 Å². The predicted octanol–water partition coefficient (Wildman–Crippen LogP) is 3.70. The van der Waals surface area contributed by atoms with Crippen LogP contribution in [0.15, 0.2) is 77.5 Å². The number of hydrogen-bond acceptors (Lipinski definition) is 4. The summed E-state index contributed by atoms with van der Waals surface area (Å²) in [6, 6.07) is 16.9. The number of benzene rings is 2. The molecule has 0 spiro atoms. The number of aromatic nitrogens is 1. The number of carbonyl (C=O) groups excluding carboxylic acids is 3. The predicted molar refractivity (Wildman–Crippen MR) is 121 cm³/mol. The maximum Gasteiger partial charge on any atom is 0.291 e. The van der Waals surface area contributed by atoms with Gasteiger partial charge >= 0.3 is 0 Å². The van der Waals surface area contributed by atoms with Crippen molar-refractivity contribution in [3.05, 3.63) is 84.4 Å². The lowest BCUT2D eigenvalue weighted by Crippen LogP contribution is -2.44. The highest BCUT2D eigenvalue weighted by Gasteiger charge is 2.22. The number of carbonyl (C=O) groups is 3. The highest BCUT2D eigenvalue weighted by molar-refractivity contribution is 6.03. The van der Waals surface area contributed by atoms with E-state index >= 15 is 0 Å². The highest BCUT2D eigenvalue weighted by atomic mass is 16.3. The van der Waals surface area contributed by atoms with Gasteiger partial charge in [0.2, 0.25) is 11.8 Å². The van der Waals surface area contributed by atoms with E-state index < -0.39 is 11.9 Å². The van der Waals surface area contributed by atoms with Crippen LogP contribution in [-0.2, 0) is 16.0 Å². The number of rotatable bonds is 7. The Morgan fingerprint density at radius 1 is 0.969 bits per heavy atom. The number of fused-ring (bicyclic) bond motifs is 1. The topological polar surface area (TPSA) is 116 Å². The fraction of sp³-hybridized carbons (Fsp3) is 0.125. The highest BCUT2D eigenvalue weighted by Crippen LogP contribution is 2.20. The molecule has 32 heavy (non-hydrogen) atoms. The van der Waals surface area contributed by atoms with Crippen LogP contribution in [0.1, 0.15) is 23.0 Å². The summed E-state index contributed by atoms with van der Waals surface area (Å²) in [4.78, 5) is 40.1. The molecule has 2 aromatic carbocycles. The van der Waals surface area contributed by atoms with E-state index in [1.807, 2.05) is 30.5 Å². The van der Waals surface area contributed by atoms with E-state index in [2.05, 4.69) is 20.9 Å². The number of para-hydroxylation sites is 1. The van der Waals surface area contributed by atoms with Crippen LogP contribution in [0.2, 0.25) is 0 Å². The van der Waals surface area contributed by atoms with Gasteiger partial charge in [-0.1, -0.05) is 24.3 Å². The molecule has 0 aliphatic heterocycles. The van der Waals surface area contributed by atoms with Crippen molar-refractivity contribution < 1.29 is 18.8 Å². The number of anilines is 2. The van der Waals surface area contributed by atoms with Gasteiger partial charge < -0.3 is 25.4 Å². The Kier molecular flexibility index (Phi) is 6.03. The number of furan rings is 1. The Morgan fingerprint density at radius 2 is 1.75 bits per heavy atom. The van der Waals surface area contributed by atoms with Crippen molar-refractivity contribution in [3.63, 3.8) is 0 Å². The first-order chi connectivity index (χ1) is 15.5. The maximum atomic E-state index is 13.0. The van der Waals surface area contributed by atoms with Gasteiger partial charge in [0.05, 0.1) is 6.26 Å². The molecule has 8 nitrogen and oxygen atoms in total. The number of aromatic amines is 1. The van der Waals surface area contributed by atoms with E-state index in [4.69, 9.17) is 4.42 Å². The summed E-state index contributed by atoms with van der Waals surface area (Å²) in [5, 5.41) is 9.26. The minimum Gasteiger partial charge on any atom is -0.459 e. The van der Waals surface area contributed by atoms with E-state index in [0.717, 1.165) is 16.5 Å². The largest absolute Gasteiger partial charge is 0.459 e. The Hall–Kier alpha value is -4.33. The van der Waals surface area contributed by atoms with Crippen LogP contribution in [-0.4, -0.2) is 28.7 Å². The Bertz CT molecular complexity index is 1260. The minimum atomic E-state index is -0.770. The molecule has 0 saturated heterocycles. The van der Waals surface area contributed by atoms with E-state index in [1.54, 1.807) is 36.4 Å². The average molecular weight is 430 g/mol. The first-order valence-electron chi connectivity index (χ1n) is 10.1. The van der Waals surface area contributed by atoms with Gasteiger partial charge in [0, 0.05) is 41.8 Å². The molecule has 4 rings (SSSR count). The van der Waals surface area contributed by atoms with Crippen molar-refractivity contribution >= 4 is 40.0 Å². The fourth-order valence-corrected chi connectivity index (χ4v) is 3.48. The fourth-order valence-electron chi connectivity index (χ4n) is 3.48. The summed E-state index contributed by atoms with van der Waals surface area (Å²) in [6.07, 6.45) is 3.59. The first-order valence-corrected chi connectivity index (χ1v) is 10.1. The van der Waals surface area contributed by atoms with Crippen molar-refractivity contribution in [2.24, 2.45) is 0 Å². The van der Waals surface area contributed by atoms with Crippen LogP contribution < -0.4 is 16.0 Å². The number of nitrogens with one attached hydrogen (secondary N) is 4. The first kappa shape index (κ1) is 20.9. The van der Waals surface area contributed by atoms with Crippen molar-refractivity contribution in [2.45, 2.75) is 19.4 Å². The van der Waals surface area contributed by atoms with Gasteiger partial charge in [-0.3, -0.25) is 14.4 Å². The Balaban J connectivity index is 1.48. The van der Waals surface area contributed by atoms with Crippen LogP contribution in [0.25, 0.3) is 10.9 Å². The third kappa shape index (κ3) is 4.86. The number of amides is 3. The van der Waals surface area contributed by atoms with E-state index in [0.29, 0.717) is 17.8 Å². The van der Waals surface area contributed by atoms with Gasteiger partial charge in [-0.15, -0.1) is 0 Å². The molecular weight excluding hydrogens is 408 g/mol. The lowest BCUT2D eigenvalue weighted by atomic mass is 10.0. The zero-order chi connectivity index (χ0) is 22.5.